The van der Waals surface area contributed by atoms with Gasteiger partial charge in [0.1, 0.15) is 0 Å². The summed E-state index contributed by atoms with van der Waals surface area (Å²) in [6, 6.07) is 0.777. The van der Waals surface area contributed by atoms with Gasteiger partial charge in [0.25, 0.3) is 0 Å². The van der Waals surface area contributed by atoms with Crippen molar-refractivity contribution in [2.75, 3.05) is 13.1 Å². The first-order valence-electron chi connectivity index (χ1n) is 7.21. The number of carbonyl (C=O) groups is 1. The van der Waals surface area contributed by atoms with Crippen LogP contribution in [0.4, 0.5) is 0 Å². The number of hydrogen-bond acceptors (Lipinski definition) is 2. The van der Waals surface area contributed by atoms with Gasteiger partial charge in [-0.25, -0.2) is 0 Å². The molecule has 0 aromatic rings. The van der Waals surface area contributed by atoms with E-state index in [1.807, 2.05) is 0 Å². The summed E-state index contributed by atoms with van der Waals surface area (Å²) < 4.78 is 0. The molecule has 3 nitrogen and oxygen atoms in total. The summed E-state index contributed by atoms with van der Waals surface area (Å²) in [4.78, 5) is 14.3. The van der Waals surface area contributed by atoms with Crippen LogP contribution in [0.25, 0.3) is 0 Å². The first-order chi connectivity index (χ1) is 8.18. The van der Waals surface area contributed by atoms with E-state index in [1.54, 1.807) is 0 Å². The molecule has 1 aliphatic carbocycles. The summed E-state index contributed by atoms with van der Waals surface area (Å²) in [5.74, 6) is 1.20. The molecule has 1 saturated heterocycles. The van der Waals surface area contributed by atoms with Crippen molar-refractivity contribution < 1.29 is 4.79 Å². The van der Waals surface area contributed by atoms with Gasteiger partial charge in [-0.3, -0.25) is 4.79 Å². The lowest BCUT2D eigenvalue weighted by Gasteiger charge is -2.38. The largest absolute Gasteiger partial charge is 0.337 e. The zero-order valence-corrected chi connectivity index (χ0v) is 11.2. The summed E-state index contributed by atoms with van der Waals surface area (Å²) in [5, 5.41) is 3.42. The number of nitrogens with one attached hydrogen (secondary N) is 1. The molecular weight excluding hydrogens is 212 g/mol. The molecule has 1 heterocycles. The maximum Gasteiger partial charge on any atom is 0.222 e. The number of hydrogen-bond donors (Lipinski definition) is 1. The van der Waals surface area contributed by atoms with Crippen molar-refractivity contribution in [1.29, 1.82) is 0 Å². The lowest BCUT2D eigenvalue weighted by Crippen LogP contribution is -2.57. The molecular formula is C14H26N2O. The van der Waals surface area contributed by atoms with Gasteiger partial charge in [-0.05, 0) is 26.2 Å². The van der Waals surface area contributed by atoms with E-state index >= 15 is 0 Å². The average molecular weight is 238 g/mol. The molecule has 1 amide bonds. The molecule has 98 valence electrons. The van der Waals surface area contributed by atoms with E-state index in [0.29, 0.717) is 18.0 Å². The lowest BCUT2D eigenvalue weighted by molar-refractivity contribution is -0.135. The minimum atomic E-state index is 0.347. The van der Waals surface area contributed by atoms with Crippen LogP contribution in [0.2, 0.25) is 0 Å². The fourth-order valence-corrected chi connectivity index (χ4v) is 3.18. The van der Waals surface area contributed by atoms with Crippen molar-refractivity contribution in [3.05, 3.63) is 0 Å². The molecule has 1 aliphatic heterocycles. The Labute approximate surface area is 105 Å². The molecule has 2 aliphatic rings. The standard InChI is InChI=1S/C14H26N2O/c1-11-12(2)16(10-9-15-11)14(17)8-7-13-5-3-4-6-13/h11-13,15H,3-10H2,1-2H3. The third-order valence-corrected chi connectivity index (χ3v) is 4.60. The molecule has 2 fully saturated rings. The van der Waals surface area contributed by atoms with Gasteiger partial charge in [0.05, 0.1) is 0 Å². The van der Waals surface area contributed by atoms with Gasteiger partial charge in [0.2, 0.25) is 5.91 Å². The summed E-state index contributed by atoms with van der Waals surface area (Å²) in [5.41, 5.74) is 0. The van der Waals surface area contributed by atoms with Gasteiger partial charge in [0, 0.05) is 31.6 Å². The molecule has 0 aromatic heterocycles. The van der Waals surface area contributed by atoms with Crippen molar-refractivity contribution in [2.24, 2.45) is 5.92 Å². The summed E-state index contributed by atoms with van der Waals surface area (Å²) in [7, 11) is 0. The zero-order valence-electron chi connectivity index (χ0n) is 11.2. The van der Waals surface area contributed by atoms with Crippen LogP contribution in [0.5, 0.6) is 0 Å². The summed E-state index contributed by atoms with van der Waals surface area (Å²) in [6.45, 7) is 6.15. The third kappa shape index (κ3) is 3.21. The van der Waals surface area contributed by atoms with E-state index in [2.05, 4.69) is 24.1 Å². The Morgan fingerprint density at radius 3 is 2.71 bits per heavy atom. The number of amides is 1. The van der Waals surface area contributed by atoms with Crippen LogP contribution in [0.3, 0.4) is 0 Å². The van der Waals surface area contributed by atoms with Gasteiger partial charge < -0.3 is 10.2 Å². The highest BCUT2D eigenvalue weighted by atomic mass is 16.2. The van der Waals surface area contributed by atoms with E-state index in [4.69, 9.17) is 0 Å². The Kier molecular flexibility index (Phi) is 4.43. The molecule has 2 atom stereocenters. The Morgan fingerprint density at radius 2 is 2.00 bits per heavy atom. The maximum absolute atomic E-state index is 12.2. The number of piperazine rings is 1. The SMILES string of the molecule is CC1NCCN(C(=O)CCC2CCCC2)C1C. The number of nitrogens with zero attached hydrogens (tertiary/aromatic N) is 1. The average Bonchev–Trinajstić information content (AvgIpc) is 2.82. The van der Waals surface area contributed by atoms with Gasteiger partial charge in [-0.1, -0.05) is 25.7 Å². The second-order valence-corrected chi connectivity index (χ2v) is 5.76. The molecule has 1 saturated carbocycles. The Hall–Kier alpha value is -0.570. The third-order valence-electron chi connectivity index (χ3n) is 4.60. The van der Waals surface area contributed by atoms with Crippen LogP contribution in [-0.4, -0.2) is 36.0 Å². The molecule has 0 radical (unpaired) electrons. The van der Waals surface area contributed by atoms with Crippen LogP contribution in [0.1, 0.15) is 52.4 Å². The normalized spacial score (nSPS) is 30.8. The molecule has 0 spiro atoms. The highest BCUT2D eigenvalue weighted by molar-refractivity contribution is 5.76. The van der Waals surface area contributed by atoms with E-state index in [0.717, 1.165) is 31.8 Å². The van der Waals surface area contributed by atoms with Crippen LogP contribution < -0.4 is 5.32 Å². The lowest BCUT2D eigenvalue weighted by atomic mass is 10.00. The van der Waals surface area contributed by atoms with E-state index in [9.17, 15) is 4.79 Å². The van der Waals surface area contributed by atoms with Crippen molar-refractivity contribution >= 4 is 5.91 Å². The first-order valence-corrected chi connectivity index (χ1v) is 7.21. The molecule has 2 unspecified atom stereocenters. The predicted octanol–water partition coefficient (Wildman–Crippen LogP) is 2.17. The van der Waals surface area contributed by atoms with Crippen LogP contribution in [0, 0.1) is 5.92 Å². The van der Waals surface area contributed by atoms with E-state index in [-0.39, 0.29) is 0 Å². The van der Waals surface area contributed by atoms with Crippen molar-refractivity contribution in [1.82, 2.24) is 10.2 Å². The van der Waals surface area contributed by atoms with Gasteiger partial charge in [0.15, 0.2) is 0 Å². The minimum absolute atomic E-state index is 0.347. The summed E-state index contributed by atoms with van der Waals surface area (Å²) >= 11 is 0. The second-order valence-electron chi connectivity index (χ2n) is 5.76. The zero-order chi connectivity index (χ0) is 12.3. The molecule has 17 heavy (non-hydrogen) atoms. The monoisotopic (exact) mass is 238 g/mol. The smallest absolute Gasteiger partial charge is 0.222 e. The van der Waals surface area contributed by atoms with E-state index in [1.165, 1.54) is 25.7 Å². The van der Waals surface area contributed by atoms with Crippen LogP contribution in [0.15, 0.2) is 0 Å². The number of carbonyl (C=O) groups excluding carboxylic acids is 1. The molecule has 0 aromatic carbocycles. The van der Waals surface area contributed by atoms with Gasteiger partial charge in [-0.2, -0.15) is 0 Å². The van der Waals surface area contributed by atoms with Gasteiger partial charge in [-0.15, -0.1) is 0 Å². The molecule has 3 heteroatoms. The fourth-order valence-electron chi connectivity index (χ4n) is 3.18. The Bertz CT molecular complexity index is 261. The maximum atomic E-state index is 12.2. The quantitative estimate of drug-likeness (QED) is 0.817. The first kappa shape index (κ1) is 12.9. The summed E-state index contributed by atoms with van der Waals surface area (Å²) in [6.07, 6.45) is 7.33. The topological polar surface area (TPSA) is 32.3 Å². The predicted molar refractivity (Wildman–Crippen MR) is 69.8 cm³/mol. The minimum Gasteiger partial charge on any atom is -0.337 e. The Balaban J connectivity index is 1.78. The highest BCUT2D eigenvalue weighted by Crippen LogP contribution is 2.28. The van der Waals surface area contributed by atoms with Crippen molar-refractivity contribution in [3.8, 4) is 0 Å². The van der Waals surface area contributed by atoms with Crippen LogP contribution >= 0.6 is 0 Å². The van der Waals surface area contributed by atoms with E-state index < -0.39 is 0 Å². The van der Waals surface area contributed by atoms with Crippen LogP contribution in [-0.2, 0) is 4.79 Å². The molecule has 1 N–H and O–H groups in total. The highest BCUT2D eigenvalue weighted by Gasteiger charge is 2.28. The second kappa shape index (κ2) is 5.85. The van der Waals surface area contributed by atoms with Crippen molar-refractivity contribution in [3.63, 3.8) is 0 Å². The van der Waals surface area contributed by atoms with Gasteiger partial charge >= 0.3 is 0 Å². The van der Waals surface area contributed by atoms with Crippen molar-refractivity contribution in [2.45, 2.75) is 64.5 Å². The fraction of sp³-hybridized carbons (Fsp3) is 0.929. The molecule has 2 rings (SSSR count). The Morgan fingerprint density at radius 1 is 1.29 bits per heavy atom. The number of rotatable bonds is 3. The molecule has 0 bridgehead atoms.